The average Bonchev–Trinajstić information content (AvgIpc) is 2.60. The van der Waals surface area contributed by atoms with Crippen LogP contribution in [0.3, 0.4) is 0 Å². The lowest BCUT2D eigenvalue weighted by atomic mass is 9.88. The summed E-state index contributed by atoms with van der Waals surface area (Å²) in [7, 11) is 0. The summed E-state index contributed by atoms with van der Waals surface area (Å²) in [6.07, 6.45) is 3.47. The van der Waals surface area contributed by atoms with Crippen molar-refractivity contribution in [3.05, 3.63) is 33.2 Å². The smallest absolute Gasteiger partial charge is 0.336 e. The summed E-state index contributed by atoms with van der Waals surface area (Å²) < 4.78 is 17.9. The minimum absolute atomic E-state index is 0.0899. The van der Waals surface area contributed by atoms with Crippen LogP contribution < -0.4 is 15.1 Å². The largest absolute Gasteiger partial charge is 0.493 e. The Morgan fingerprint density at radius 1 is 1.26 bits per heavy atom. The van der Waals surface area contributed by atoms with Crippen LogP contribution in [0.4, 0.5) is 0 Å². The van der Waals surface area contributed by atoms with E-state index in [1.807, 2.05) is 20.8 Å². The van der Waals surface area contributed by atoms with Crippen LogP contribution in [-0.2, 0) is 12.8 Å². The van der Waals surface area contributed by atoms with Crippen LogP contribution in [0.5, 0.6) is 11.5 Å². The molecule has 0 radical (unpaired) electrons. The SMILES string of the molecule is CCCc1cc(=O)oc2c(C(=O)CC)c(OCC)c3c(c12)OC(C)(C)CC3. The number of ether oxygens (including phenoxy) is 2. The third-order valence-electron chi connectivity index (χ3n) is 5.04. The molecule has 1 aromatic carbocycles. The highest BCUT2D eigenvalue weighted by Crippen LogP contribution is 2.47. The first-order chi connectivity index (χ1) is 12.8. The highest BCUT2D eigenvalue weighted by Gasteiger charge is 2.35. The van der Waals surface area contributed by atoms with Gasteiger partial charge in [0.05, 0.1) is 12.0 Å². The minimum atomic E-state index is -0.450. The zero-order valence-corrected chi connectivity index (χ0v) is 16.9. The number of carbonyl (C=O) groups is 1. The average molecular weight is 372 g/mol. The number of ketones is 1. The molecule has 2 heterocycles. The summed E-state index contributed by atoms with van der Waals surface area (Å²) in [5.74, 6) is 1.12. The quantitative estimate of drug-likeness (QED) is 0.536. The van der Waals surface area contributed by atoms with Gasteiger partial charge >= 0.3 is 5.63 Å². The lowest BCUT2D eigenvalue weighted by Gasteiger charge is -2.35. The Balaban J connectivity index is 2.50. The summed E-state index contributed by atoms with van der Waals surface area (Å²) in [5.41, 5.74) is 1.68. The molecule has 0 saturated carbocycles. The molecule has 0 bridgehead atoms. The fourth-order valence-corrected chi connectivity index (χ4v) is 3.77. The first kappa shape index (κ1) is 19.5. The summed E-state index contributed by atoms with van der Waals surface area (Å²) >= 11 is 0. The molecule has 5 heteroatoms. The van der Waals surface area contributed by atoms with Crippen LogP contribution in [0.15, 0.2) is 15.3 Å². The van der Waals surface area contributed by atoms with Crippen LogP contribution >= 0.6 is 0 Å². The van der Waals surface area contributed by atoms with Gasteiger partial charge in [-0.25, -0.2) is 4.79 Å². The van der Waals surface area contributed by atoms with Crippen molar-refractivity contribution in [1.82, 2.24) is 0 Å². The van der Waals surface area contributed by atoms with E-state index in [4.69, 9.17) is 13.9 Å². The molecule has 27 heavy (non-hydrogen) atoms. The Kier molecular flexibility index (Phi) is 5.31. The molecule has 1 aromatic heterocycles. The highest BCUT2D eigenvalue weighted by molar-refractivity contribution is 6.11. The van der Waals surface area contributed by atoms with E-state index in [2.05, 4.69) is 6.92 Å². The molecule has 0 atom stereocenters. The molecule has 146 valence electrons. The molecule has 0 N–H and O–H groups in total. The molecular formula is C22H28O5. The van der Waals surface area contributed by atoms with Gasteiger partial charge in [-0.05, 0) is 45.6 Å². The molecule has 2 aromatic rings. The third-order valence-corrected chi connectivity index (χ3v) is 5.04. The second kappa shape index (κ2) is 7.37. The number of aryl methyl sites for hydroxylation is 1. The molecule has 0 unspecified atom stereocenters. The predicted molar refractivity (Wildman–Crippen MR) is 105 cm³/mol. The number of hydrogen-bond donors (Lipinski definition) is 0. The molecule has 1 aliphatic rings. The van der Waals surface area contributed by atoms with E-state index in [0.29, 0.717) is 42.1 Å². The molecule has 0 fully saturated rings. The van der Waals surface area contributed by atoms with E-state index in [-0.39, 0.29) is 11.4 Å². The van der Waals surface area contributed by atoms with Gasteiger partial charge < -0.3 is 13.9 Å². The maximum Gasteiger partial charge on any atom is 0.336 e. The van der Waals surface area contributed by atoms with Gasteiger partial charge in [0.15, 0.2) is 11.4 Å². The van der Waals surface area contributed by atoms with Crippen molar-refractivity contribution in [2.75, 3.05) is 6.61 Å². The molecule has 0 saturated heterocycles. The number of carbonyl (C=O) groups excluding carboxylic acids is 1. The van der Waals surface area contributed by atoms with Crippen molar-refractivity contribution in [3.63, 3.8) is 0 Å². The van der Waals surface area contributed by atoms with Crippen molar-refractivity contribution >= 4 is 16.8 Å². The van der Waals surface area contributed by atoms with E-state index >= 15 is 0 Å². The highest BCUT2D eigenvalue weighted by atomic mass is 16.5. The molecule has 0 aliphatic carbocycles. The Hall–Kier alpha value is -2.30. The van der Waals surface area contributed by atoms with E-state index in [1.54, 1.807) is 6.92 Å². The van der Waals surface area contributed by atoms with Crippen molar-refractivity contribution in [1.29, 1.82) is 0 Å². The van der Waals surface area contributed by atoms with E-state index in [9.17, 15) is 9.59 Å². The van der Waals surface area contributed by atoms with Gasteiger partial charge in [0.1, 0.15) is 22.7 Å². The molecule has 0 amide bonds. The topological polar surface area (TPSA) is 65.7 Å². The van der Waals surface area contributed by atoms with Gasteiger partial charge in [-0.3, -0.25) is 4.79 Å². The lowest BCUT2D eigenvalue weighted by molar-refractivity contribution is 0.0851. The van der Waals surface area contributed by atoms with E-state index < -0.39 is 5.63 Å². The summed E-state index contributed by atoms with van der Waals surface area (Å²) in [4.78, 5) is 25.1. The van der Waals surface area contributed by atoms with Crippen molar-refractivity contribution in [2.24, 2.45) is 0 Å². The third kappa shape index (κ3) is 3.47. The van der Waals surface area contributed by atoms with Gasteiger partial charge in [-0.15, -0.1) is 0 Å². The predicted octanol–water partition coefficient (Wildman–Crippen LogP) is 4.84. The van der Waals surface area contributed by atoms with Crippen LogP contribution in [0, 0.1) is 0 Å². The van der Waals surface area contributed by atoms with E-state index in [0.717, 1.165) is 35.8 Å². The van der Waals surface area contributed by atoms with E-state index in [1.165, 1.54) is 6.07 Å². The molecule has 0 spiro atoms. The first-order valence-corrected chi connectivity index (χ1v) is 9.83. The maximum absolute atomic E-state index is 12.8. The molecule has 1 aliphatic heterocycles. The van der Waals surface area contributed by atoms with Crippen molar-refractivity contribution < 1.29 is 18.7 Å². The Morgan fingerprint density at radius 2 is 2.00 bits per heavy atom. The van der Waals surface area contributed by atoms with Crippen LogP contribution in [0.2, 0.25) is 0 Å². The number of Topliss-reactive ketones (excluding diaryl/α,β-unsaturated/α-hetero) is 1. The second-order valence-corrected chi connectivity index (χ2v) is 7.63. The number of fused-ring (bicyclic) bond motifs is 3. The summed E-state index contributed by atoms with van der Waals surface area (Å²) in [6.45, 7) is 10.3. The second-order valence-electron chi connectivity index (χ2n) is 7.63. The molecule has 3 rings (SSSR count). The molecule has 5 nitrogen and oxygen atoms in total. The Bertz CT molecular complexity index is 936. The zero-order chi connectivity index (χ0) is 19.8. The van der Waals surface area contributed by atoms with Crippen LogP contribution in [-0.4, -0.2) is 18.0 Å². The first-order valence-electron chi connectivity index (χ1n) is 9.83. The van der Waals surface area contributed by atoms with Gasteiger partial charge in [0.2, 0.25) is 0 Å². The fraction of sp³-hybridized carbons (Fsp3) is 0.545. The number of benzene rings is 1. The van der Waals surface area contributed by atoms with Crippen molar-refractivity contribution in [3.8, 4) is 11.5 Å². The number of hydrogen-bond acceptors (Lipinski definition) is 5. The Morgan fingerprint density at radius 3 is 2.63 bits per heavy atom. The minimum Gasteiger partial charge on any atom is -0.493 e. The Labute approximate surface area is 159 Å². The maximum atomic E-state index is 12.8. The standard InChI is InChI=1S/C22H28O5/c1-6-9-13-12-16(24)26-21-17(13)20-14(10-11-22(4,5)27-20)19(25-8-3)18(21)15(23)7-2/h12H,6-11H2,1-5H3. The van der Waals surface area contributed by atoms with Gasteiger partial charge in [-0.2, -0.15) is 0 Å². The summed E-state index contributed by atoms with van der Waals surface area (Å²) in [5, 5.41) is 0.750. The van der Waals surface area contributed by atoms with Gasteiger partial charge in [0, 0.05) is 18.1 Å². The number of rotatable bonds is 6. The normalized spacial score (nSPS) is 15.3. The van der Waals surface area contributed by atoms with Crippen LogP contribution in [0.25, 0.3) is 11.0 Å². The van der Waals surface area contributed by atoms with Crippen LogP contribution in [0.1, 0.15) is 75.4 Å². The van der Waals surface area contributed by atoms with Crippen molar-refractivity contribution in [2.45, 2.75) is 72.3 Å². The van der Waals surface area contributed by atoms with Gasteiger partial charge in [-0.1, -0.05) is 20.3 Å². The fourth-order valence-electron chi connectivity index (χ4n) is 3.77. The zero-order valence-electron chi connectivity index (χ0n) is 16.9. The van der Waals surface area contributed by atoms with Gasteiger partial charge in [0.25, 0.3) is 0 Å². The lowest BCUT2D eigenvalue weighted by Crippen LogP contribution is -2.33. The molecular weight excluding hydrogens is 344 g/mol. The monoisotopic (exact) mass is 372 g/mol. The summed E-state index contributed by atoms with van der Waals surface area (Å²) in [6, 6.07) is 1.53.